The SMILES string of the molecule is CC1COCN1.[HH]. The van der Waals surface area contributed by atoms with Gasteiger partial charge >= 0.3 is 0 Å². The van der Waals surface area contributed by atoms with Gasteiger partial charge in [-0.3, -0.25) is 5.32 Å². The molecule has 0 radical (unpaired) electrons. The lowest BCUT2D eigenvalue weighted by Crippen LogP contribution is -2.18. The lowest BCUT2D eigenvalue weighted by molar-refractivity contribution is 0.190. The van der Waals surface area contributed by atoms with Crippen LogP contribution in [0.3, 0.4) is 0 Å². The molecule has 6 heavy (non-hydrogen) atoms. The van der Waals surface area contributed by atoms with E-state index in [-0.39, 0.29) is 1.43 Å². The fourth-order valence-corrected chi connectivity index (χ4v) is 0.496. The predicted octanol–water partition coefficient (Wildman–Crippen LogP) is 0.198. The highest BCUT2D eigenvalue weighted by Gasteiger charge is 2.05. The van der Waals surface area contributed by atoms with Gasteiger partial charge in [0.2, 0.25) is 0 Å². The minimum absolute atomic E-state index is 0. The van der Waals surface area contributed by atoms with Crippen molar-refractivity contribution in [3.05, 3.63) is 0 Å². The van der Waals surface area contributed by atoms with E-state index in [1.807, 2.05) is 0 Å². The molecule has 0 bridgehead atoms. The molecule has 1 unspecified atom stereocenters. The van der Waals surface area contributed by atoms with Crippen molar-refractivity contribution in [1.29, 1.82) is 0 Å². The number of ether oxygens (including phenoxy) is 1. The van der Waals surface area contributed by atoms with E-state index in [4.69, 9.17) is 4.74 Å². The van der Waals surface area contributed by atoms with Gasteiger partial charge in [-0.25, -0.2) is 0 Å². The Bertz CT molecular complexity index is 45.0. The Balaban J connectivity index is 0.000000360. The second kappa shape index (κ2) is 1.58. The summed E-state index contributed by atoms with van der Waals surface area (Å²) in [6, 6.07) is 0.574. The Morgan fingerprint density at radius 2 is 2.83 bits per heavy atom. The summed E-state index contributed by atoms with van der Waals surface area (Å²) in [7, 11) is 0. The summed E-state index contributed by atoms with van der Waals surface area (Å²) in [5, 5.41) is 3.10. The predicted molar refractivity (Wildman–Crippen MR) is 25.5 cm³/mol. The van der Waals surface area contributed by atoms with Crippen molar-refractivity contribution in [2.24, 2.45) is 0 Å². The third-order valence-electron chi connectivity index (χ3n) is 0.902. The van der Waals surface area contributed by atoms with E-state index in [9.17, 15) is 0 Å². The highest BCUT2D eigenvalue weighted by Crippen LogP contribution is 1.89. The van der Waals surface area contributed by atoms with Crippen LogP contribution in [0.15, 0.2) is 0 Å². The normalized spacial score (nSPS) is 34.5. The molecule has 2 nitrogen and oxygen atoms in total. The molecule has 1 atom stereocenters. The van der Waals surface area contributed by atoms with Gasteiger partial charge in [-0.15, -0.1) is 0 Å². The van der Waals surface area contributed by atoms with E-state index < -0.39 is 0 Å². The summed E-state index contributed by atoms with van der Waals surface area (Å²) in [5.74, 6) is 0. The van der Waals surface area contributed by atoms with Gasteiger partial charge in [0.1, 0.15) is 0 Å². The van der Waals surface area contributed by atoms with Crippen LogP contribution in [-0.2, 0) is 4.74 Å². The summed E-state index contributed by atoms with van der Waals surface area (Å²) in [5.41, 5.74) is 0. The van der Waals surface area contributed by atoms with Crippen molar-refractivity contribution >= 4 is 0 Å². The topological polar surface area (TPSA) is 21.3 Å². The molecular weight excluding hydrogens is 78.1 g/mol. The van der Waals surface area contributed by atoms with Gasteiger partial charge in [0, 0.05) is 7.47 Å². The van der Waals surface area contributed by atoms with Crippen LogP contribution < -0.4 is 5.32 Å². The molecule has 1 heterocycles. The van der Waals surface area contributed by atoms with Crippen molar-refractivity contribution in [3.63, 3.8) is 0 Å². The second-order valence-electron chi connectivity index (χ2n) is 1.62. The highest BCUT2D eigenvalue weighted by molar-refractivity contribution is 4.60. The largest absolute Gasteiger partial charge is 0.365 e. The standard InChI is InChI=1S/C4H9NO.H2/c1-4-2-6-3-5-4;/h4-5H,2-3H2,1H3;1H. The zero-order valence-electron chi connectivity index (χ0n) is 3.90. The van der Waals surface area contributed by atoms with Gasteiger partial charge < -0.3 is 4.74 Å². The van der Waals surface area contributed by atoms with Crippen LogP contribution in [0.1, 0.15) is 8.35 Å². The van der Waals surface area contributed by atoms with Crippen LogP contribution >= 0.6 is 0 Å². The van der Waals surface area contributed by atoms with Crippen LogP contribution in [-0.4, -0.2) is 19.4 Å². The lowest BCUT2D eigenvalue weighted by Gasteiger charge is -1.91. The third kappa shape index (κ3) is 0.698. The fourth-order valence-electron chi connectivity index (χ4n) is 0.496. The monoisotopic (exact) mass is 89.1 g/mol. The van der Waals surface area contributed by atoms with Crippen molar-refractivity contribution in [2.75, 3.05) is 13.3 Å². The first-order chi connectivity index (χ1) is 2.89. The van der Waals surface area contributed by atoms with E-state index in [1.165, 1.54) is 0 Å². The Labute approximate surface area is 39.0 Å². The van der Waals surface area contributed by atoms with Crippen LogP contribution in [0.4, 0.5) is 0 Å². The molecule has 0 aromatic rings. The fraction of sp³-hybridized carbons (Fsp3) is 1.00. The number of hydrogen-bond donors (Lipinski definition) is 1. The lowest BCUT2D eigenvalue weighted by atomic mass is 10.4. The Morgan fingerprint density at radius 3 is 3.00 bits per heavy atom. The minimum atomic E-state index is 0. The Hall–Kier alpha value is -0.0800. The van der Waals surface area contributed by atoms with Crippen molar-refractivity contribution in [2.45, 2.75) is 13.0 Å². The van der Waals surface area contributed by atoms with E-state index in [0.29, 0.717) is 6.04 Å². The minimum Gasteiger partial charge on any atom is -0.365 e. The molecule has 1 N–H and O–H groups in total. The van der Waals surface area contributed by atoms with E-state index in [1.54, 1.807) is 0 Å². The van der Waals surface area contributed by atoms with E-state index in [2.05, 4.69) is 12.2 Å². The van der Waals surface area contributed by atoms with E-state index in [0.717, 1.165) is 13.3 Å². The molecular formula is C4H11NO. The van der Waals surface area contributed by atoms with Gasteiger partial charge in [-0.2, -0.15) is 0 Å². The van der Waals surface area contributed by atoms with Crippen LogP contribution in [0.2, 0.25) is 0 Å². The Morgan fingerprint density at radius 1 is 2.00 bits per heavy atom. The second-order valence-corrected chi connectivity index (χ2v) is 1.62. The summed E-state index contributed by atoms with van der Waals surface area (Å²) in [4.78, 5) is 0. The number of nitrogens with one attached hydrogen (secondary N) is 1. The van der Waals surface area contributed by atoms with Crippen LogP contribution in [0.5, 0.6) is 0 Å². The molecule has 0 aromatic heterocycles. The van der Waals surface area contributed by atoms with Crippen molar-refractivity contribution in [1.82, 2.24) is 5.32 Å². The first-order valence-electron chi connectivity index (χ1n) is 2.21. The maximum absolute atomic E-state index is 4.95. The molecule has 38 valence electrons. The molecule has 1 rings (SSSR count). The molecule has 1 aliphatic heterocycles. The Kier molecular flexibility index (Phi) is 1.08. The summed E-state index contributed by atoms with van der Waals surface area (Å²) in [6.45, 7) is 3.72. The van der Waals surface area contributed by atoms with Gasteiger partial charge in [0.05, 0.1) is 13.3 Å². The van der Waals surface area contributed by atoms with Gasteiger partial charge in [0.25, 0.3) is 0 Å². The van der Waals surface area contributed by atoms with Gasteiger partial charge in [-0.05, 0) is 6.92 Å². The number of rotatable bonds is 0. The van der Waals surface area contributed by atoms with Crippen LogP contribution in [0, 0.1) is 0 Å². The molecule has 0 aliphatic carbocycles. The number of hydrogen-bond acceptors (Lipinski definition) is 2. The van der Waals surface area contributed by atoms with Gasteiger partial charge in [-0.1, -0.05) is 0 Å². The van der Waals surface area contributed by atoms with E-state index >= 15 is 0 Å². The zero-order valence-corrected chi connectivity index (χ0v) is 3.90. The summed E-state index contributed by atoms with van der Waals surface area (Å²) < 4.78 is 4.95. The first kappa shape index (κ1) is 4.09. The molecule has 0 aromatic carbocycles. The summed E-state index contributed by atoms with van der Waals surface area (Å²) >= 11 is 0. The molecule has 1 saturated heterocycles. The summed E-state index contributed by atoms with van der Waals surface area (Å²) in [6.07, 6.45) is 0. The molecule has 0 amide bonds. The first-order valence-corrected chi connectivity index (χ1v) is 2.21. The molecule has 0 spiro atoms. The highest BCUT2D eigenvalue weighted by atomic mass is 16.5. The molecule has 1 fully saturated rings. The zero-order chi connectivity index (χ0) is 4.41. The van der Waals surface area contributed by atoms with Crippen molar-refractivity contribution < 1.29 is 6.16 Å². The molecule has 1 aliphatic rings. The average molecular weight is 89.1 g/mol. The average Bonchev–Trinajstić information content (AvgIpc) is 1.86. The smallest absolute Gasteiger partial charge is 0.0968 e. The third-order valence-corrected chi connectivity index (χ3v) is 0.902. The maximum atomic E-state index is 4.95. The van der Waals surface area contributed by atoms with Crippen molar-refractivity contribution in [3.8, 4) is 0 Å². The molecule has 0 saturated carbocycles. The quantitative estimate of drug-likeness (QED) is 0.457. The van der Waals surface area contributed by atoms with Crippen LogP contribution in [0.25, 0.3) is 0 Å². The maximum Gasteiger partial charge on any atom is 0.0968 e. The van der Waals surface area contributed by atoms with Gasteiger partial charge in [0.15, 0.2) is 0 Å². The molecule has 2 heteroatoms.